The molecule has 0 aliphatic rings. The molecule has 0 aliphatic carbocycles. The van der Waals surface area contributed by atoms with Gasteiger partial charge in [0.1, 0.15) is 0 Å². The van der Waals surface area contributed by atoms with Gasteiger partial charge in [-0.1, -0.05) is 0 Å². The van der Waals surface area contributed by atoms with Gasteiger partial charge in [0.25, 0.3) is 0 Å². The summed E-state index contributed by atoms with van der Waals surface area (Å²) in [5, 5.41) is 3.04. The van der Waals surface area contributed by atoms with Crippen LogP contribution < -0.4 is 15.8 Å². The lowest BCUT2D eigenvalue weighted by atomic mass is 10.4. The fourth-order valence-electron chi connectivity index (χ4n) is 0.815. The van der Waals surface area contributed by atoms with Crippen LogP contribution in [-0.2, 0) is 0 Å². The smallest absolute Gasteiger partial charge is 0.222 e. The average molecular weight is 182 g/mol. The summed E-state index contributed by atoms with van der Waals surface area (Å²) in [7, 11) is 1.58. The van der Waals surface area contributed by atoms with Crippen LogP contribution in [0.15, 0.2) is 12.4 Å². The molecular weight excluding hydrogens is 168 g/mol. The second-order valence-electron chi connectivity index (χ2n) is 2.52. The van der Waals surface area contributed by atoms with E-state index in [2.05, 4.69) is 15.3 Å². The molecule has 0 aliphatic heterocycles. The maximum Gasteiger partial charge on any atom is 0.222 e. The highest BCUT2D eigenvalue weighted by Crippen LogP contribution is 2.06. The van der Waals surface area contributed by atoms with Crippen molar-refractivity contribution >= 4 is 5.95 Å². The fourth-order valence-corrected chi connectivity index (χ4v) is 0.815. The van der Waals surface area contributed by atoms with Gasteiger partial charge in [-0.15, -0.1) is 0 Å². The van der Waals surface area contributed by atoms with Crippen molar-refractivity contribution in [2.75, 3.05) is 25.5 Å². The van der Waals surface area contributed by atoms with Crippen molar-refractivity contribution in [3.8, 4) is 5.75 Å². The highest BCUT2D eigenvalue weighted by molar-refractivity contribution is 5.26. The molecule has 1 rings (SSSR count). The molecular formula is C8H14N4O. The van der Waals surface area contributed by atoms with E-state index >= 15 is 0 Å². The summed E-state index contributed by atoms with van der Waals surface area (Å²) in [4.78, 5) is 8.07. The van der Waals surface area contributed by atoms with Crippen molar-refractivity contribution in [3.63, 3.8) is 0 Å². The molecule has 1 aromatic rings. The maximum atomic E-state index is 5.34. The summed E-state index contributed by atoms with van der Waals surface area (Å²) >= 11 is 0. The van der Waals surface area contributed by atoms with Gasteiger partial charge in [-0.3, -0.25) is 0 Å². The molecule has 1 aromatic heterocycles. The fraction of sp³-hybridized carbons (Fsp3) is 0.500. The average Bonchev–Trinajstić information content (AvgIpc) is 2.19. The molecule has 1 heterocycles. The van der Waals surface area contributed by atoms with Gasteiger partial charge in [-0.2, -0.15) is 0 Å². The number of nitrogens with two attached hydrogens (primary N) is 1. The van der Waals surface area contributed by atoms with Gasteiger partial charge in [0.05, 0.1) is 19.5 Å². The molecule has 0 radical (unpaired) electrons. The molecule has 3 N–H and O–H groups in total. The van der Waals surface area contributed by atoms with Crippen LogP contribution in [0.3, 0.4) is 0 Å². The summed E-state index contributed by atoms with van der Waals surface area (Å²) in [5.41, 5.74) is 5.34. The molecule has 0 bridgehead atoms. The Bertz CT molecular complexity index is 236. The monoisotopic (exact) mass is 182 g/mol. The zero-order valence-corrected chi connectivity index (χ0v) is 7.66. The van der Waals surface area contributed by atoms with Crippen LogP contribution in [0.4, 0.5) is 5.95 Å². The summed E-state index contributed by atoms with van der Waals surface area (Å²) in [5.74, 6) is 1.26. The van der Waals surface area contributed by atoms with Crippen molar-refractivity contribution in [1.29, 1.82) is 0 Å². The summed E-state index contributed by atoms with van der Waals surface area (Å²) in [6.07, 6.45) is 4.16. The number of aromatic nitrogens is 2. The first-order chi connectivity index (χ1) is 6.36. The number of nitrogens with zero attached hydrogens (tertiary/aromatic N) is 2. The molecule has 0 saturated heterocycles. The molecule has 72 valence electrons. The van der Waals surface area contributed by atoms with Crippen LogP contribution in [-0.4, -0.2) is 30.2 Å². The topological polar surface area (TPSA) is 73.1 Å². The Kier molecular flexibility index (Phi) is 3.98. The lowest BCUT2D eigenvalue weighted by molar-refractivity contribution is 0.411. The zero-order chi connectivity index (χ0) is 9.52. The van der Waals surface area contributed by atoms with E-state index in [1.807, 2.05) is 0 Å². The predicted molar refractivity (Wildman–Crippen MR) is 50.7 cm³/mol. The Morgan fingerprint density at radius 2 is 2.15 bits per heavy atom. The standard InChI is InChI=1S/C8H14N4O/c1-13-7-5-11-8(12-6-7)10-4-2-3-9/h5-6H,2-4,9H2,1H3,(H,10,11,12). The summed E-state index contributed by atoms with van der Waals surface area (Å²) < 4.78 is 4.92. The molecule has 13 heavy (non-hydrogen) atoms. The van der Waals surface area contributed by atoms with Crippen molar-refractivity contribution in [1.82, 2.24) is 9.97 Å². The Labute approximate surface area is 77.3 Å². The largest absolute Gasteiger partial charge is 0.494 e. The Morgan fingerprint density at radius 3 is 2.69 bits per heavy atom. The van der Waals surface area contributed by atoms with Gasteiger partial charge in [-0.25, -0.2) is 9.97 Å². The van der Waals surface area contributed by atoms with Crippen LogP contribution in [0.1, 0.15) is 6.42 Å². The van der Waals surface area contributed by atoms with E-state index < -0.39 is 0 Å². The van der Waals surface area contributed by atoms with E-state index in [1.165, 1.54) is 0 Å². The quantitative estimate of drug-likeness (QED) is 0.638. The van der Waals surface area contributed by atoms with E-state index in [0.717, 1.165) is 13.0 Å². The van der Waals surface area contributed by atoms with Crippen LogP contribution >= 0.6 is 0 Å². The first kappa shape index (κ1) is 9.73. The zero-order valence-electron chi connectivity index (χ0n) is 7.66. The van der Waals surface area contributed by atoms with Gasteiger partial charge < -0.3 is 15.8 Å². The van der Waals surface area contributed by atoms with Crippen molar-refractivity contribution < 1.29 is 4.74 Å². The van der Waals surface area contributed by atoms with Gasteiger partial charge in [0.15, 0.2) is 5.75 Å². The molecule has 0 saturated carbocycles. The molecule has 0 atom stereocenters. The number of hydrogen-bond acceptors (Lipinski definition) is 5. The van der Waals surface area contributed by atoms with E-state index in [0.29, 0.717) is 18.2 Å². The number of hydrogen-bond donors (Lipinski definition) is 2. The molecule has 0 fully saturated rings. The molecule has 5 nitrogen and oxygen atoms in total. The number of ether oxygens (including phenoxy) is 1. The first-order valence-corrected chi connectivity index (χ1v) is 4.17. The minimum atomic E-state index is 0.606. The molecule has 5 heteroatoms. The van der Waals surface area contributed by atoms with E-state index in [1.54, 1.807) is 19.5 Å². The molecule has 0 aromatic carbocycles. The maximum absolute atomic E-state index is 5.34. The number of nitrogens with one attached hydrogen (secondary N) is 1. The summed E-state index contributed by atoms with van der Waals surface area (Å²) in [6, 6.07) is 0. The summed E-state index contributed by atoms with van der Waals surface area (Å²) in [6.45, 7) is 1.46. The SMILES string of the molecule is COc1cnc(NCCCN)nc1. The number of methoxy groups -OCH3 is 1. The second-order valence-corrected chi connectivity index (χ2v) is 2.52. The molecule has 0 unspecified atom stereocenters. The molecule has 0 spiro atoms. The highest BCUT2D eigenvalue weighted by Gasteiger charge is 1.95. The normalized spacial score (nSPS) is 9.69. The van der Waals surface area contributed by atoms with E-state index in [4.69, 9.17) is 10.5 Å². The predicted octanol–water partition coefficient (Wildman–Crippen LogP) is 0.246. The Hall–Kier alpha value is -1.36. The molecule has 0 amide bonds. The van der Waals surface area contributed by atoms with Crippen molar-refractivity contribution in [3.05, 3.63) is 12.4 Å². The van der Waals surface area contributed by atoms with Crippen molar-refractivity contribution in [2.24, 2.45) is 5.73 Å². The van der Waals surface area contributed by atoms with Gasteiger partial charge in [0, 0.05) is 6.54 Å². The third-order valence-corrected chi connectivity index (χ3v) is 1.53. The van der Waals surface area contributed by atoms with Gasteiger partial charge in [-0.05, 0) is 13.0 Å². The minimum Gasteiger partial charge on any atom is -0.494 e. The van der Waals surface area contributed by atoms with Crippen LogP contribution in [0, 0.1) is 0 Å². The van der Waals surface area contributed by atoms with Gasteiger partial charge in [0.2, 0.25) is 5.95 Å². The first-order valence-electron chi connectivity index (χ1n) is 4.17. The second kappa shape index (κ2) is 5.31. The third-order valence-electron chi connectivity index (χ3n) is 1.53. The van der Waals surface area contributed by atoms with Crippen LogP contribution in [0.5, 0.6) is 5.75 Å². The van der Waals surface area contributed by atoms with E-state index in [-0.39, 0.29) is 0 Å². The lowest BCUT2D eigenvalue weighted by Crippen LogP contribution is -2.10. The number of anilines is 1. The Morgan fingerprint density at radius 1 is 1.46 bits per heavy atom. The van der Waals surface area contributed by atoms with E-state index in [9.17, 15) is 0 Å². The van der Waals surface area contributed by atoms with Crippen LogP contribution in [0.25, 0.3) is 0 Å². The van der Waals surface area contributed by atoms with Crippen molar-refractivity contribution in [2.45, 2.75) is 6.42 Å². The Balaban J connectivity index is 2.40. The van der Waals surface area contributed by atoms with Gasteiger partial charge >= 0.3 is 0 Å². The minimum absolute atomic E-state index is 0.606. The number of rotatable bonds is 5. The van der Waals surface area contributed by atoms with Crippen LogP contribution in [0.2, 0.25) is 0 Å². The third kappa shape index (κ3) is 3.25. The highest BCUT2D eigenvalue weighted by atomic mass is 16.5. The lowest BCUT2D eigenvalue weighted by Gasteiger charge is -2.03.